The number of benzene rings is 1. The third kappa shape index (κ3) is 3.45. The van der Waals surface area contributed by atoms with Gasteiger partial charge in [0.1, 0.15) is 0 Å². The lowest BCUT2D eigenvalue weighted by Gasteiger charge is -2.34. The van der Waals surface area contributed by atoms with E-state index in [1.165, 1.54) is 0 Å². The van der Waals surface area contributed by atoms with Crippen LogP contribution in [-0.4, -0.2) is 61.0 Å². The van der Waals surface area contributed by atoms with Gasteiger partial charge in [-0.15, -0.1) is 0 Å². The van der Waals surface area contributed by atoms with Gasteiger partial charge in [0.15, 0.2) is 5.58 Å². The molecule has 1 aliphatic rings. The molecule has 0 atom stereocenters. The smallest absolute Gasteiger partial charge is 0.300 e. The number of nitrogens with zero attached hydrogens (tertiary/aromatic N) is 5. The zero-order valence-electron chi connectivity index (χ0n) is 15.8. The molecule has 0 unspecified atom stereocenters. The molecule has 0 aliphatic carbocycles. The van der Waals surface area contributed by atoms with Crippen molar-refractivity contribution in [2.45, 2.75) is 6.92 Å². The Hall–Kier alpha value is -3.09. The Morgan fingerprint density at radius 3 is 2.59 bits per heavy atom. The summed E-state index contributed by atoms with van der Waals surface area (Å²) >= 11 is 0. The first-order valence-corrected chi connectivity index (χ1v) is 9.07. The van der Waals surface area contributed by atoms with Crippen molar-refractivity contribution in [2.75, 3.05) is 50.1 Å². The first-order chi connectivity index (χ1) is 13.0. The van der Waals surface area contributed by atoms with Gasteiger partial charge >= 0.3 is 0 Å². The zero-order valence-corrected chi connectivity index (χ0v) is 15.8. The Labute approximate surface area is 158 Å². The van der Waals surface area contributed by atoms with Crippen molar-refractivity contribution in [3.8, 4) is 0 Å². The van der Waals surface area contributed by atoms with Crippen LogP contribution in [0.2, 0.25) is 0 Å². The summed E-state index contributed by atoms with van der Waals surface area (Å²) < 4.78 is 5.83. The molecule has 0 N–H and O–H groups in total. The largest absolute Gasteiger partial charge is 0.422 e. The fraction of sp³-hybridized carbons (Fsp3) is 0.350. The van der Waals surface area contributed by atoms with Gasteiger partial charge in [-0.2, -0.15) is 4.98 Å². The SMILES string of the molecule is Cc1ccc2oc(N3CCN(C(=O)c4cccc(N(C)C)c4)CC3)nc2n1. The maximum atomic E-state index is 12.8. The molecule has 27 heavy (non-hydrogen) atoms. The highest BCUT2D eigenvalue weighted by Crippen LogP contribution is 2.23. The minimum absolute atomic E-state index is 0.0632. The molecule has 0 radical (unpaired) electrons. The molecule has 1 fully saturated rings. The van der Waals surface area contributed by atoms with Crippen molar-refractivity contribution < 1.29 is 9.21 Å². The van der Waals surface area contributed by atoms with Crippen molar-refractivity contribution >= 4 is 28.8 Å². The number of pyridine rings is 1. The highest BCUT2D eigenvalue weighted by atomic mass is 16.4. The monoisotopic (exact) mass is 365 g/mol. The highest BCUT2D eigenvalue weighted by Gasteiger charge is 2.25. The summed E-state index contributed by atoms with van der Waals surface area (Å²) in [6, 6.07) is 12.1. The number of anilines is 2. The molecule has 0 bridgehead atoms. The van der Waals surface area contributed by atoms with Gasteiger partial charge in [-0.25, -0.2) is 4.98 Å². The number of hydrogen-bond donors (Lipinski definition) is 0. The van der Waals surface area contributed by atoms with Gasteiger partial charge in [-0.3, -0.25) is 4.79 Å². The first kappa shape index (κ1) is 17.3. The lowest BCUT2D eigenvalue weighted by Crippen LogP contribution is -2.48. The summed E-state index contributed by atoms with van der Waals surface area (Å²) in [5.74, 6) is 0.0632. The Morgan fingerprint density at radius 1 is 1.07 bits per heavy atom. The molecule has 3 aromatic rings. The number of aryl methyl sites for hydroxylation is 1. The van der Waals surface area contributed by atoms with Crippen LogP contribution in [0.25, 0.3) is 11.2 Å². The molecule has 7 heteroatoms. The molecule has 2 aromatic heterocycles. The van der Waals surface area contributed by atoms with Gasteiger partial charge < -0.3 is 19.1 Å². The van der Waals surface area contributed by atoms with Crippen molar-refractivity contribution in [1.29, 1.82) is 0 Å². The first-order valence-electron chi connectivity index (χ1n) is 9.07. The topological polar surface area (TPSA) is 65.7 Å². The Balaban J connectivity index is 1.45. The van der Waals surface area contributed by atoms with E-state index in [-0.39, 0.29) is 5.91 Å². The van der Waals surface area contributed by atoms with Crippen LogP contribution < -0.4 is 9.80 Å². The Morgan fingerprint density at radius 2 is 1.85 bits per heavy atom. The van der Waals surface area contributed by atoms with E-state index in [4.69, 9.17) is 4.42 Å². The lowest BCUT2D eigenvalue weighted by atomic mass is 10.1. The molecule has 1 amide bonds. The van der Waals surface area contributed by atoms with Gasteiger partial charge in [-0.05, 0) is 37.3 Å². The molecule has 1 aliphatic heterocycles. The predicted octanol–water partition coefficient (Wildman–Crippen LogP) is 2.56. The van der Waals surface area contributed by atoms with E-state index in [9.17, 15) is 4.79 Å². The number of carbonyl (C=O) groups is 1. The molecule has 4 rings (SSSR count). The number of carbonyl (C=O) groups excluding carboxylic acids is 1. The summed E-state index contributed by atoms with van der Waals surface area (Å²) in [4.78, 5) is 27.7. The van der Waals surface area contributed by atoms with E-state index in [0.717, 1.165) is 16.9 Å². The fourth-order valence-corrected chi connectivity index (χ4v) is 3.24. The zero-order chi connectivity index (χ0) is 19.0. The van der Waals surface area contributed by atoms with Gasteiger partial charge in [0.05, 0.1) is 0 Å². The van der Waals surface area contributed by atoms with E-state index in [2.05, 4.69) is 14.9 Å². The van der Waals surface area contributed by atoms with E-state index in [0.29, 0.717) is 43.4 Å². The minimum atomic E-state index is 0.0632. The molecular weight excluding hydrogens is 342 g/mol. The van der Waals surface area contributed by atoms with Crippen molar-refractivity contribution in [1.82, 2.24) is 14.9 Å². The molecule has 7 nitrogen and oxygen atoms in total. The number of piperazine rings is 1. The number of aromatic nitrogens is 2. The Bertz CT molecular complexity index is 973. The van der Waals surface area contributed by atoms with Crippen LogP contribution in [0.1, 0.15) is 16.1 Å². The standard InChI is InChI=1S/C20H23N5O2/c1-14-7-8-17-18(21-14)22-20(27-17)25-11-9-24(10-12-25)19(26)15-5-4-6-16(13-15)23(2)3/h4-8,13H,9-12H2,1-3H3. The number of oxazole rings is 1. The molecule has 0 saturated carbocycles. The van der Waals surface area contributed by atoms with Crippen LogP contribution in [0, 0.1) is 6.92 Å². The van der Waals surface area contributed by atoms with Gasteiger partial charge in [0.2, 0.25) is 5.65 Å². The van der Waals surface area contributed by atoms with Gasteiger partial charge in [0.25, 0.3) is 11.9 Å². The Kier molecular flexibility index (Phi) is 4.43. The van der Waals surface area contributed by atoms with Crippen LogP contribution in [0.15, 0.2) is 40.8 Å². The predicted molar refractivity (Wildman–Crippen MR) is 105 cm³/mol. The van der Waals surface area contributed by atoms with E-state index >= 15 is 0 Å². The maximum absolute atomic E-state index is 12.8. The van der Waals surface area contributed by atoms with E-state index in [1.54, 1.807) is 0 Å². The van der Waals surface area contributed by atoms with Gasteiger partial charge in [-0.1, -0.05) is 6.07 Å². The summed E-state index contributed by atoms with van der Waals surface area (Å²) in [5.41, 5.74) is 3.97. The second-order valence-corrected chi connectivity index (χ2v) is 6.99. The average molecular weight is 365 g/mol. The summed E-state index contributed by atoms with van der Waals surface area (Å²) in [6.07, 6.45) is 0. The second-order valence-electron chi connectivity index (χ2n) is 6.99. The van der Waals surface area contributed by atoms with Crippen LogP contribution in [-0.2, 0) is 0 Å². The van der Waals surface area contributed by atoms with Crippen LogP contribution in [0.4, 0.5) is 11.7 Å². The lowest BCUT2D eigenvalue weighted by molar-refractivity contribution is 0.0745. The molecular formula is C20H23N5O2. The number of rotatable bonds is 3. The summed E-state index contributed by atoms with van der Waals surface area (Å²) in [7, 11) is 3.94. The maximum Gasteiger partial charge on any atom is 0.300 e. The van der Waals surface area contributed by atoms with Crippen LogP contribution in [0.3, 0.4) is 0 Å². The molecule has 1 aromatic carbocycles. The van der Waals surface area contributed by atoms with Crippen LogP contribution in [0.5, 0.6) is 0 Å². The van der Waals surface area contributed by atoms with Crippen molar-refractivity contribution in [3.05, 3.63) is 47.7 Å². The average Bonchev–Trinajstić information content (AvgIpc) is 3.10. The van der Waals surface area contributed by atoms with E-state index in [1.807, 2.05) is 67.2 Å². The van der Waals surface area contributed by atoms with E-state index < -0.39 is 0 Å². The molecule has 140 valence electrons. The highest BCUT2D eigenvalue weighted by molar-refractivity contribution is 5.95. The molecule has 3 heterocycles. The second kappa shape index (κ2) is 6.90. The third-order valence-corrected chi connectivity index (χ3v) is 4.83. The quantitative estimate of drug-likeness (QED) is 0.711. The number of amides is 1. The molecule has 1 saturated heterocycles. The van der Waals surface area contributed by atoms with Crippen molar-refractivity contribution in [2.24, 2.45) is 0 Å². The minimum Gasteiger partial charge on any atom is -0.422 e. The van der Waals surface area contributed by atoms with Crippen LogP contribution >= 0.6 is 0 Å². The fourth-order valence-electron chi connectivity index (χ4n) is 3.24. The normalized spacial score (nSPS) is 14.6. The number of fused-ring (bicyclic) bond motifs is 1. The van der Waals surface area contributed by atoms with Crippen molar-refractivity contribution in [3.63, 3.8) is 0 Å². The number of hydrogen-bond acceptors (Lipinski definition) is 6. The summed E-state index contributed by atoms with van der Waals surface area (Å²) in [6.45, 7) is 4.58. The van der Waals surface area contributed by atoms with Gasteiger partial charge in [0, 0.05) is 57.2 Å². The summed E-state index contributed by atoms with van der Waals surface area (Å²) in [5, 5.41) is 0. The molecule has 0 spiro atoms. The third-order valence-electron chi connectivity index (χ3n) is 4.83.